The Morgan fingerprint density at radius 1 is 1.10 bits per heavy atom. The van der Waals surface area contributed by atoms with Gasteiger partial charge in [0.2, 0.25) is 0 Å². The number of thiophene rings is 1. The molecule has 20 heavy (non-hydrogen) atoms. The summed E-state index contributed by atoms with van der Waals surface area (Å²) in [7, 11) is 0. The maximum absolute atomic E-state index is 9.46. The second-order valence-corrected chi connectivity index (χ2v) is 5.64. The summed E-state index contributed by atoms with van der Waals surface area (Å²) in [6, 6.07) is 18.7. The van der Waals surface area contributed by atoms with Crippen molar-refractivity contribution in [2.24, 2.45) is 0 Å². The molecule has 1 heterocycles. The Morgan fingerprint density at radius 3 is 2.60 bits per heavy atom. The number of hydrogen-bond acceptors (Lipinski definition) is 2. The summed E-state index contributed by atoms with van der Waals surface area (Å²) in [5.74, 6) is 0. The van der Waals surface area contributed by atoms with Crippen LogP contribution < -0.4 is 0 Å². The fourth-order valence-corrected chi connectivity index (χ4v) is 3.15. The van der Waals surface area contributed by atoms with E-state index in [2.05, 4.69) is 42.6 Å². The number of fused-ring (bicyclic) bond motifs is 1. The third-order valence-electron chi connectivity index (χ3n) is 3.28. The Kier molecular flexibility index (Phi) is 3.37. The lowest BCUT2D eigenvalue weighted by Crippen LogP contribution is -1.80. The Morgan fingerprint density at radius 2 is 1.85 bits per heavy atom. The van der Waals surface area contributed by atoms with Gasteiger partial charge in [0.15, 0.2) is 0 Å². The summed E-state index contributed by atoms with van der Waals surface area (Å²) in [5.41, 5.74) is 4.02. The lowest BCUT2D eigenvalue weighted by atomic mass is 10.0. The topological polar surface area (TPSA) is 23.8 Å². The molecule has 0 aliphatic carbocycles. The van der Waals surface area contributed by atoms with Gasteiger partial charge < -0.3 is 0 Å². The maximum atomic E-state index is 9.46. The van der Waals surface area contributed by atoms with Gasteiger partial charge in [0.25, 0.3) is 0 Å². The van der Waals surface area contributed by atoms with E-state index in [1.807, 2.05) is 30.3 Å². The molecule has 3 aromatic rings. The van der Waals surface area contributed by atoms with Crippen molar-refractivity contribution in [1.29, 1.82) is 5.26 Å². The smallest absolute Gasteiger partial charge is 0.0998 e. The number of nitrogens with zero attached hydrogens (tertiary/aromatic N) is 1. The maximum Gasteiger partial charge on any atom is 0.0998 e. The van der Waals surface area contributed by atoms with E-state index >= 15 is 0 Å². The minimum atomic E-state index is 0.714. The van der Waals surface area contributed by atoms with Crippen LogP contribution in [0.5, 0.6) is 0 Å². The quantitative estimate of drug-likeness (QED) is 0.584. The molecule has 1 aromatic heterocycles. The summed E-state index contributed by atoms with van der Waals surface area (Å²) < 4.78 is 1.22. The summed E-state index contributed by atoms with van der Waals surface area (Å²) in [6.07, 6.45) is 1.95. The highest BCUT2D eigenvalue weighted by molar-refractivity contribution is 7.17. The van der Waals surface area contributed by atoms with E-state index in [9.17, 15) is 5.26 Å². The SMILES string of the molecule is Cc1ccc(/C=C(/C#N)c2csc3ccccc23)cc1. The fourth-order valence-electron chi connectivity index (χ4n) is 2.19. The zero-order valence-corrected chi connectivity index (χ0v) is 11.9. The predicted octanol–water partition coefficient (Wildman–Crippen LogP) is 5.27. The van der Waals surface area contributed by atoms with E-state index in [4.69, 9.17) is 0 Å². The molecule has 96 valence electrons. The average molecular weight is 275 g/mol. The van der Waals surface area contributed by atoms with Crippen molar-refractivity contribution in [2.75, 3.05) is 0 Å². The molecular weight excluding hydrogens is 262 g/mol. The van der Waals surface area contributed by atoms with E-state index < -0.39 is 0 Å². The highest BCUT2D eigenvalue weighted by atomic mass is 32.1. The van der Waals surface area contributed by atoms with Crippen molar-refractivity contribution in [3.63, 3.8) is 0 Å². The minimum absolute atomic E-state index is 0.714. The second kappa shape index (κ2) is 5.32. The van der Waals surface area contributed by atoms with Crippen LogP contribution in [-0.2, 0) is 0 Å². The highest BCUT2D eigenvalue weighted by Crippen LogP contribution is 2.31. The van der Waals surface area contributed by atoms with Gasteiger partial charge in [-0.2, -0.15) is 5.26 Å². The molecule has 0 amide bonds. The molecule has 2 aromatic carbocycles. The highest BCUT2D eigenvalue weighted by Gasteiger charge is 2.08. The zero-order chi connectivity index (χ0) is 13.9. The van der Waals surface area contributed by atoms with Crippen molar-refractivity contribution in [3.8, 4) is 6.07 Å². The van der Waals surface area contributed by atoms with Crippen LogP contribution >= 0.6 is 11.3 Å². The summed E-state index contributed by atoms with van der Waals surface area (Å²) in [6.45, 7) is 2.06. The third-order valence-corrected chi connectivity index (χ3v) is 4.24. The van der Waals surface area contributed by atoms with Crippen LogP contribution in [-0.4, -0.2) is 0 Å². The molecule has 0 unspecified atom stereocenters. The number of aryl methyl sites for hydroxylation is 1. The molecule has 0 fully saturated rings. The number of nitriles is 1. The normalized spacial score (nSPS) is 11.5. The summed E-state index contributed by atoms with van der Waals surface area (Å²) in [4.78, 5) is 0. The first-order valence-electron chi connectivity index (χ1n) is 6.43. The van der Waals surface area contributed by atoms with Gasteiger partial charge in [-0.3, -0.25) is 0 Å². The van der Waals surface area contributed by atoms with Crippen molar-refractivity contribution in [2.45, 2.75) is 6.92 Å². The summed E-state index contributed by atoms with van der Waals surface area (Å²) in [5, 5.41) is 12.7. The molecule has 0 aliphatic heterocycles. The molecule has 0 bridgehead atoms. The van der Waals surface area contributed by atoms with Gasteiger partial charge in [-0.05, 0) is 24.6 Å². The van der Waals surface area contributed by atoms with Crippen LogP contribution in [0.4, 0.5) is 0 Å². The van der Waals surface area contributed by atoms with E-state index in [0.717, 1.165) is 16.5 Å². The first kappa shape index (κ1) is 12.7. The van der Waals surface area contributed by atoms with E-state index in [1.165, 1.54) is 10.3 Å². The van der Waals surface area contributed by atoms with Crippen molar-refractivity contribution >= 4 is 33.1 Å². The van der Waals surface area contributed by atoms with Crippen LogP contribution in [0.3, 0.4) is 0 Å². The van der Waals surface area contributed by atoms with E-state index in [0.29, 0.717) is 5.57 Å². The van der Waals surface area contributed by atoms with Crippen LogP contribution in [0.15, 0.2) is 53.9 Å². The zero-order valence-electron chi connectivity index (χ0n) is 11.1. The van der Waals surface area contributed by atoms with Crippen LogP contribution in [0.1, 0.15) is 16.7 Å². The Labute approximate surface area is 122 Å². The Balaban J connectivity index is 2.10. The molecule has 3 rings (SSSR count). The first-order chi connectivity index (χ1) is 9.78. The van der Waals surface area contributed by atoms with Gasteiger partial charge in [-0.15, -0.1) is 11.3 Å². The van der Waals surface area contributed by atoms with Gasteiger partial charge >= 0.3 is 0 Å². The molecule has 0 aliphatic rings. The third kappa shape index (κ3) is 2.36. The standard InChI is InChI=1S/C18H13NS/c1-13-6-8-14(9-7-13)10-15(11-19)17-12-20-18-5-3-2-4-16(17)18/h2-10,12H,1H3/b15-10-. The average Bonchev–Trinajstić information content (AvgIpc) is 2.91. The Hall–Kier alpha value is -2.37. The number of benzene rings is 2. The number of allylic oxidation sites excluding steroid dienone is 1. The summed E-state index contributed by atoms with van der Waals surface area (Å²) >= 11 is 1.68. The number of hydrogen-bond donors (Lipinski definition) is 0. The molecule has 0 spiro atoms. The first-order valence-corrected chi connectivity index (χ1v) is 7.31. The van der Waals surface area contributed by atoms with Crippen LogP contribution in [0.2, 0.25) is 0 Å². The fraction of sp³-hybridized carbons (Fsp3) is 0.0556. The lowest BCUT2D eigenvalue weighted by Gasteiger charge is -1.99. The van der Waals surface area contributed by atoms with Crippen LogP contribution in [0, 0.1) is 18.3 Å². The van der Waals surface area contributed by atoms with E-state index in [-0.39, 0.29) is 0 Å². The second-order valence-electron chi connectivity index (χ2n) is 4.73. The van der Waals surface area contributed by atoms with Crippen molar-refractivity contribution in [3.05, 3.63) is 70.6 Å². The molecule has 0 saturated heterocycles. The van der Waals surface area contributed by atoms with Gasteiger partial charge in [-0.1, -0.05) is 48.0 Å². The van der Waals surface area contributed by atoms with Gasteiger partial charge in [0.05, 0.1) is 11.6 Å². The molecule has 2 heteroatoms. The monoisotopic (exact) mass is 275 g/mol. The minimum Gasteiger partial charge on any atom is -0.192 e. The molecule has 0 saturated carbocycles. The molecule has 0 radical (unpaired) electrons. The Bertz CT molecular complexity index is 816. The lowest BCUT2D eigenvalue weighted by molar-refractivity contribution is 1.46. The largest absolute Gasteiger partial charge is 0.192 e. The van der Waals surface area contributed by atoms with Crippen molar-refractivity contribution in [1.82, 2.24) is 0 Å². The molecule has 1 nitrogen and oxygen atoms in total. The molecular formula is C18H13NS. The van der Waals surface area contributed by atoms with Gasteiger partial charge in [-0.25, -0.2) is 0 Å². The molecule has 0 atom stereocenters. The predicted molar refractivity (Wildman–Crippen MR) is 86.5 cm³/mol. The number of rotatable bonds is 2. The van der Waals surface area contributed by atoms with Gasteiger partial charge in [0.1, 0.15) is 0 Å². The van der Waals surface area contributed by atoms with Gasteiger partial charge in [0, 0.05) is 21.0 Å². The molecule has 0 N–H and O–H groups in total. The van der Waals surface area contributed by atoms with Crippen molar-refractivity contribution < 1.29 is 0 Å². The van der Waals surface area contributed by atoms with Crippen LogP contribution in [0.25, 0.3) is 21.7 Å². The van der Waals surface area contributed by atoms with E-state index in [1.54, 1.807) is 11.3 Å².